The molecule has 0 saturated carbocycles. The van der Waals surface area contributed by atoms with E-state index in [-0.39, 0.29) is 6.10 Å². The molecule has 0 aromatic heterocycles. The van der Waals surface area contributed by atoms with E-state index in [1.54, 1.807) is 0 Å². The summed E-state index contributed by atoms with van der Waals surface area (Å²) in [6.45, 7) is 1.03. The van der Waals surface area contributed by atoms with E-state index in [9.17, 15) is 0 Å². The van der Waals surface area contributed by atoms with Crippen LogP contribution >= 0.6 is 15.9 Å². The molecule has 2 rings (SSSR count). The molecule has 1 saturated heterocycles. The molecule has 0 aliphatic carbocycles. The molecule has 1 atom stereocenters. The zero-order valence-corrected chi connectivity index (χ0v) is 9.83. The maximum atomic E-state index is 5.73. The van der Waals surface area contributed by atoms with Gasteiger partial charge in [-0.3, -0.25) is 4.84 Å². The normalized spacial score (nSPS) is 23.7. The maximum Gasteiger partial charge on any atom is 0.104 e. The molecule has 3 heteroatoms. The predicted octanol–water partition coefficient (Wildman–Crippen LogP) is 3.15. The highest BCUT2D eigenvalue weighted by Gasteiger charge is 2.19. The third-order valence-electron chi connectivity index (χ3n) is 2.49. The Balaban J connectivity index is 2.10. The fourth-order valence-electron chi connectivity index (χ4n) is 1.73. The van der Waals surface area contributed by atoms with E-state index in [0.717, 1.165) is 17.4 Å². The number of benzene rings is 1. The molecule has 1 aliphatic rings. The molecule has 1 unspecified atom stereocenters. The van der Waals surface area contributed by atoms with Crippen LogP contribution in [0.1, 0.15) is 24.5 Å². The van der Waals surface area contributed by atoms with Gasteiger partial charge in [0.15, 0.2) is 0 Å². The average molecular weight is 256 g/mol. The summed E-state index contributed by atoms with van der Waals surface area (Å²) in [4.78, 5) is 5.73. The molecule has 0 radical (unpaired) electrons. The second-order valence-electron chi connectivity index (χ2n) is 3.64. The van der Waals surface area contributed by atoms with Gasteiger partial charge in [-0.2, -0.15) is 5.06 Å². The van der Waals surface area contributed by atoms with Crippen molar-refractivity contribution < 1.29 is 4.84 Å². The Hall–Kier alpha value is -0.380. The molecule has 76 valence electrons. The van der Waals surface area contributed by atoms with Gasteiger partial charge >= 0.3 is 0 Å². The molecule has 0 N–H and O–H groups in total. The van der Waals surface area contributed by atoms with E-state index in [4.69, 9.17) is 4.84 Å². The molecular weight excluding hydrogens is 242 g/mol. The third kappa shape index (κ3) is 2.35. The maximum absolute atomic E-state index is 5.73. The van der Waals surface area contributed by atoms with Gasteiger partial charge in [0.2, 0.25) is 0 Å². The molecule has 1 aromatic carbocycles. The Bertz CT molecular complexity index is 299. The van der Waals surface area contributed by atoms with Gasteiger partial charge in [0.05, 0.1) is 0 Å². The quantitative estimate of drug-likeness (QED) is 0.765. The second kappa shape index (κ2) is 4.43. The van der Waals surface area contributed by atoms with Gasteiger partial charge < -0.3 is 0 Å². The SMILES string of the molecule is CN1CCCC(c2ccc(Br)cc2)O1. The Morgan fingerprint density at radius 3 is 2.71 bits per heavy atom. The van der Waals surface area contributed by atoms with E-state index in [1.807, 2.05) is 12.1 Å². The van der Waals surface area contributed by atoms with E-state index < -0.39 is 0 Å². The van der Waals surface area contributed by atoms with Crippen molar-refractivity contribution >= 4 is 15.9 Å². The molecule has 1 fully saturated rings. The summed E-state index contributed by atoms with van der Waals surface area (Å²) in [6.07, 6.45) is 2.56. The van der Waals surface area contributed by atoms with Gasteiger partial charge in [-0.15, -0.1) is 0 Å². The molecule has 14 heavy (non-hydrogen) atoms. The number of halogens is 1. The Labute approximate surface area is 92.9 Å². The summed E-state index contributed by atoms with van der Waals surface area (Å²) in [5, 5.41) is 1.93. The van der Waals surface area contributed by atoms with Crippen LogP contribution in [0.4, 0.5) is 0 Å². The highest BCUT2D eigenvalue weighted by Crippen LogP contribution is 2.28. The van der Waals surface area contributed by atoms with E-state index in [1.165, 1.54) is 12.0 Å². The van der Waals surface area contributed by atoms with Crippen molar-refractivity contribution in [2.45, 2.75) is 18.9 Å². The van der Waals surface area contributed by atoms with Crippen molar-refractivity contribution in [2.24, 2.45) is 0 Å². The van der Waals surface area contributed by atoms with Crippen molar-refractivity contribution in [3.63, 3.8) is 0 Å². The fourth-order valence-corrected chi connectivity index (χ4v) is 1.99. The van der Waals surface area contributed by atoms with Gasteiger partial charge in [-0.1, -0.05) is 28.1 Å². The summed E-state index contributed by atoms with van der Waals surface area (Å²) in [5.74, 6) is 0. The first-order valence-corrected chi connectivity index (χ1v) is 5.68. The lowest BCUT2D eigenvalue weighted by Crippen LogP contribution is -2.28. The second-order valence-corrected chi connectivity index (χ2v) is 4.56. The summed E-state index contributed by atoms with van der Waals surface area (Å²) in [6, 6.07) is 8.36. The third-order valence-corrected chi connectivity index (χ3v) is 3.02. The number of rotatable bonds is 1. The Kier molecular flexibility index (Phi) is 3.21. The van der Waals surface area contributed by atoms with Gasteiger partial charge in [-0.05, 0) is 30.5 Å². The molecule has 0 spiro atoms. The van der Waals surface area contributed by atoms with Crippen LogP contribution in [0.3, 0.4) is 0 Å². The summed E-state index contributed by atoms with van der Waals surface area (Å²) in [7, 11) is 1.99. The minimum Gasteiger partial charge on any atom is -0.291 e. The highest BCUT2D eigenvalue weighted by atomic mass is 79.9. The Morgan fingerprint density at radius 1 is 1.36 bits per heavy atom. The molecule has 1 aliphatic heterocycles. The van der Waals surface area contributed by atoms with Crippen LogP contribution in [0.15, 0.2) is 28.7 Å². The van der Waals surface area contributed by atoms with Crippen molar-refractivity contribution in [3.8, 4) is 0 Å². The summed E-state index contributed by atoms with van der Waals surface area (Å²) >= 11 is 3.43. The van der Waals surface area contributed by atoms with Crippen LogP contribution in [0.2, 0.25) is 0 Å². The van der Waals surface area contributed by atoms with Gasteiger partial charge in [0, 0.05) is 18.1 Å². The molecule has 1 heterocycles. The van der Waals surface area contributed by atoms with Crippen molar-refractivity contribution in [3.05, 3.63) is 34.3 Å². The van der Waals surface area contributed by atoms with Gasteiger partial charge in [0.25, 0.3) is 0 Å². The topological polar surface area (TPSA) is 12.5 Å². The number of hydroxylamine groups is 2. The lowest BCUT2D eigenvalue weighted by Gasteiger charge is -2.29. The number of nitrogens with zero attached hydrogens (tertiary/aromatic N) is 1. The van der Waals surface area contributed by atoms with Gasteiger partial charge in [0.1, 0.15) is 6.10 Å². The van der Waals surface area contributed by atoms with Gasteiger partial charge in [-0.25, -0.2) is 0 Å². The zero-order valence-electron chi connectivity index (χ0n) is 8.24. The van der Waals surface area contributed by atoms with Crippen LogP contribution < -0.4 is 0 Å². The first-order valence-electron chi connectivity index (χ1n) is 4.89. The predicted molar refractivity (Wildman–Crippen MR) is 59.8 cm³/mol. The number of hydrogen-bond donors (Lipinski definition) is 0. The van der Waals surface area contributed by atoms with Crippen molar-refractivity contribution in [2.75, 3.05) is 13.6 Å². The van der Waals surface area contributed by atoms with Crippen LogP contribution in [0, 0.1) is 0 Å². The lowest BCUT2D eigenvalue weighted by atomic mass is 10.0. The summed E-state index contributed by atoms with van der Waals surface area (Å²) in [5.41, 5.74) is 1.26. The molecule has 0 bridgehead atoms. The largest absolute Gasteiger partial charge is 0.291 e. The standard InChI is InChI=1S/C11H14BrNO/c1-13-8-2-3-11(14-13)9-4-6-10(12)7-5-9/h4-7,11H,2-3,8H2,1H3. The minimum absolute atomic E-state index is 0.238. The van der Waals surface area contributed by atoms with Crippen LogP contribution in [-0.2, 0) is 4.84 Å². The molecule has 2 nitrogen and oxygen atoms in total. The average Bonchev–Trinajstić information content (AvgIpc) is 2.19. The molecular formula is C11H14BrNO. The minimum atomic E-state index is 0.238. The highest BCUT2D eigenvalue weighted by molar-refractivity contribution is 9.10. The summed E-state index contributed by atoms with van der Waals surface area (Å²) < 4.78 is 1.12. The zero-order chi connectivity index (χ0) is 9.97. The smallest absolute Gasteiger partial charge is 0.104 e. The van der Waals surface area contributed by atoms with Crippen LogP contribution in [-0.4, -0.2) is 18.7 Å². The van der Waals surface area contributed by atoms with Crippen LogP contribution in [0.25, 0.3) is 0 Å². The van der Waals surface area contributed by atoms with E-state index in [0.29, 0.717) is 0 Å². The molecule has 0 amide bonds. The lowest BCUT2D eigenvalue weighted by molar-refractivity contribution is -0.208. The van der Waals surface area contributed by atoms with Crippen molar-refractivity contribution in [1.82, 2.24) is 5.06 Å². The fraction of sp³-hybridized carbons (Fsp3) is 0.455. The first-order chi connectivity index (χ1) is 6.75. The monoisotopic (exact) mass is 255 g/mol. The van der Waals surface area contributed by atoms with E-state index in [2.05, 4.69) is 40.2 Å². The van der Waals surface area contributed by atoms with Crippen LogP contribution in [0.5, 0.6) is 0 Å². The van der Waals surface area contributed by atoms with E-state index >= 15 is 0 Å². The number of hydrogen-bond acceptors (Lipinski definition) is 2. The Morgan fingerprint density at radius 2 is 2.07 bits per heavy atom. The first kappa shape index (κ1) is 10.1. The van der Waals surface area contributed by atoms with Crippen molar-refractivity contribution in [1.29, 1.82) is 0 Å². The molecule has 1 aromatic rings.